The van der Waals surface area contributed by atoms with E-state index in [0.29, 0.717) is 12.6 Å². The molecule has 4 nitrogen and oxygen atoms in total. The molecule has 0 aliphatic rings. The summed E-state index contributed by atoms with van der Waals surface area (Å²) in [4.78, 5) is 6.55. The first-order valence-electron chi connectivity index (χ1n) is 6.66. The van der Waals surface area contributed by atoms with Crippen molar-refractivity contribution in [2.75, 3.05) is 25.2 Å². The largest absolute Gasteiger partial charge is 0.383 e. The Hall–Kier alpha value is -1.13. The number of nitrogens with zero attached hydrogens (tertiary/aromatic N) is 2. The van der Waals surface area contributed by atoms with Crippen molar-refractivity contribution in [3.63, 3.8) is 0 Å². The van der Waals surface area contributed by atoms with Gasteiger partial charge < -0.3 is 15.4 Å². The Balaban J connectivity index is 2.99. The first-order chi connectivity index (χ1) is 8.78. The van der Waals surface area contributed by atoms with Crippen LogP contribution in [0.5, 0.6) is 0 Å². The van der Waals surface area contributed by atoms with Crippen LogP contribution in [0.15, 0.2) is 18.5 Å². The number of anilines is 1. The van der Waals surface area contributed by atoms with Crippen molar-refractivity contribution in [2.45, 2.75) is 39.3 Å². The zero-order valence-corrected chi connectivity index (χ0v) is 11.7. The summed E-state index contributed by atoms with van der Waals surface area (Å²) in [5, 5.41) is 0. The average Bonchev–Trinajstić information content (AvgIpc) is 2.43. The van der Waals surface area contributed by atoms with Crippen molar-refractivity contribution in [3.05, 3.63) is 24.0 Å². The Kier molecular flexibility index (Phi) is 6.68. The van der Waals surface area contributed by atoms with Crippen LogP contribution in [0, 0.1) is 0 Å². The molecule has 0 radical (unpaired) electrons. The van der Waals surface area contributed by atoms with Crippen LogP contribution in [0.2, 0.25) is 0 Å². The van der Waals surface area contributed by atoms with Crippen molar-refractivity contribution in [1.82, 2.24) is 4.98 Å². The molecule has 0 amide bonds. The van der Waals surface area contributed by atoms with Gasteiger partial charge in [-0.25, -0.2) is 0 Å². The van der Waals surface area contributed by atoms with E-state index in [2.05, 4.69) is 29.8 Å². The third kappa shape index (κ3) is 3.68. The van der Waals surface area contributed by atoms with Crippen LogP contribution in [0.4, 0.5) is 5.69 Å². The van der Waals surface area contributed by atoms with Crippen molar-refractivity contribution in [1.29, 1.82) is 0 Å². The minimum absolute atomic E-state index is 0.521. The van der Waals surface area contributed by atoms with Gasteiger partial charge in [-0.2, -0.15) is 0 Å². The SMILES string of the molecule is CCC(CC)N(CCOC)c1ccncc1CN. The molecule has 0 saturated heterocycles. The first-order valence-corrected chi connectivity index (χ1v) is 6.66. The lowest BCUT2D eigenvalue weighted by Crippen LogP contribution is -2.38. The Morgan fingerprint density at radius 3 is 2.67 bits per heavy atom. The predicted molar refractivity (Wildman–Crippen MR) is 75.7 cm³/mol. The summed E-state index contributed by atoms with van der Waals surface area (Å²) < 4.78 is 5.22. The van der Waals surface area contributed by atoms with Crippen LogP contribution < -0.4 is 10.6 Å². The summed E-state index contributed by atoms with van der Waals surface area (Å²) >= 11 is 0. The van der Waals surface area contributed by atoms with Crippen molar-refractivity contribution >= 4 is 5.69 Å². The second-order valence-electron chi connectivity index (χ2n) is 4.37. The van der Waals surface area contributed by atoms with Gasteiger partial charge in [-0.05, 0) is 18.9 Å². The van der Waals surface area contributed by atoms with Gasteiger partial charge in [0.05, 0.1) is 6.61 Å². The van der Waals surface area contributed by atoms with E-state index in [1.807, 2.05) is 12.4 Å². The maximum absolute atomic E-state index is 5.80. The van der Waals surface area contributed by atoms with E-state index in [9.17, 15) is 0 Å². The van der Waals surface area contributed by atoms with Crippen molar-refractivity contribution < 1.29 is 4.74 Å². The van der Waals surface area contributed by atoms with Gasteiger partial charge in [-0.3, -0.25) is 4.98 Å². The average molecular weight is 251 g/mol. The highest BCUT2D eigenvalue weighted by molar-refractivity contribution is 5.53. The summed E-state index contributed by atoms with van der Waals surface area (Å²) in [5.74, 6) is 0. The highest BCUT2D eigenvalue weighted by Crippen LogP contribution is 2.23. The number of rotatable bonds is 8. The smallest absolute Gasteiger partial charge is 0.0637 e. The number of pyridine rings is 1. The molecule has 0 unspecified atom stereocenters. The van der Waals surface area contributed by atoms with Crippen molar-refractivity contribution in [2.24, 2.45) is 5.73 Å². The number of aromatic nitrogens is 1. The molecule has 0 bridgehead atoms. The molecule has 1 aromatic rings. The summed E-state index contributed by atoms with van der Waals surface area (Å²) in [6.07, 6.45) is 5.92. The summed E-state index contributed by atoms with van der Waals surface area (Å²) in [7, 11) is 1.74. The lowest BCUT2D eigenvalue weighted by atomic mass is 10.1. The van der Waals surface area contributed by atoms with Crippen LogP contribution in [0.1, 0.15) is 32.3 Å². The molecule has 0 aliphatic carbocycles. The fourth-order valence-corrected chi connectivity index (χ4v) is 2.28. The molecule has 1 aromatic heterocycles. The summed E-state index contributed by atoms with van der Waals surface area (Å²) in [5.41, 5.74) is 8.09. The normalized spacial score (nSPS) is 10.9. The highest BCUT2D eigenvalue weighted by atomic mass is 16.5. The summed E-state index contributed by atoms with van der Waals surface area (Å²) in [6.45, 7) is 6.57. The molecule has 2 N–H and O–H groups in total. The lowest BCUT2D eigenvalue weighted by Gasteiger charge is -2.33. The van der Waals surface area contributed by atoms with Gasteiger partial charge >= 0.3 is 0 Å². The van der Waals surface area contributed by atoms with Gasteiger partial charge in [-0.15, -0.1) is 0 Å². The Morgan fingerprint density at radius 1 is 1.39 bits per heavy atom. The molecule has 1 rings (SSSR count). The molecule has 18 heavy (non-hydrogen) atoms. The molecular weight excluding hydrogens is 226 g/mol. The van der Waals surface area contributed by atoms with Crippen LogP contribution in [0.25, 0.3) is 0 Å². The zero-order chi connectivity index (χ0) is 13.4. The number of hydrogen-bond donors (Lipinski definition) is 1. The van der Waals surface area contributed by atoms with E-state index in [4.69, 9.17) is 10.5 Å². The van der Waals surface area contributed by atoms with E-state index in [0.717, 1.165) is 31.6 Å². The summed E-state index contributed by atoms with van der Waals surface area (Å²) in [6, 6.07) is 2.57. The molecule has 102 valence electrons. The van der Waals surface area contributed by atoms with E-state index >= 15 is 0 Å². The van der Waals surface area contributed by atoms with Gasteiger partial charge in [-0.1, -0.05) is 13.8 Å². The number of nitrogens with two attached hydrogens (primary N) is 1. The van der Waals surface area contributed by atoms with E-state index in [-0.39, 0.29) is 0 Å². The molecular formula is C14H25N3O. The van der Waals surface area contributed by atoms with Gasteiger partial charge in [0, 0.05) is 49.9 Å². The van der Waals surface area contributed by atoms with Gasteiger partial charge in [0.1, 0.15) is 0 Å². The van der Waals surface area contributed by atoms with Gasteiger partial charge in [0.2, 0.25) is 0 Å². The predicted octanol–water partition coefficient (Wildman–Crippen LogP) is 2.18. The monoisotopic (exact) mass is 251 g/mol. The molecule has 0 aliphatic heterocycles. The minimum Gasteiger partial charge on any atom is -0.383 e. The molecule has 0 spiro atoms. The molecule has 4 heteroatoms. The van der Waals surface area contributed by atoms with Crippen LogP contribution in [0.3, 0.4) is 0 Å². The van der Waals surface area contributed by atoms with Crippen LogP contribution in [-0.4, -0.2) is 31.3 Å². The van der Waals surface area contributed by atoms with Crippen LogP contribution in [-0.2, 0) is 11.3 Å². The van der Waals surface area contributed by atoms with E-state index in [1.54, 1.807) is 7.11 Å². The fourth-order valence-electron chi connectivity index (χ4n) is 2.28. The zero-order valence-electron chi connectivity index (χ0n) is 11.7. The van der Waals surface area contributed by atoms with E-state index < -0.39 is 0 Å². The lowest BCUT2D eigenvalue weighted by molar-refractivity contribution is 0.202. The second-order valence-corrected chi connectivity index (χ2v) is 4.37. The van der Waals surface area contributed by atoms with E-state index in [1.165, 1.54) is 5.69 Å². The quantitative estimate of drug-likeness (QED) is 0.769. The number of hydrogen-bond acceptors (Lipinski definition) is 4. The number of ether oxygens (including phenoxy) is 1. The maximum atomic E-state index is 5.80. The van der Waals surface area contributed by atoms with Gasteiger partial charge in [0.15, 0.2) is 0 Å². The second kappa shape index (κ2) is 8.06. The maximum Gasteiger partial charge on any atom is 0.0637 e. The Morgan fingerprint density at radius 2 is 2.11 bits per heavy atom. The standard InChI is InChI=1S/C14H25N3O/c1-4-13(5-2)17(8-9-18-3)14-6-7-16-11-12(14)10-15/h6-7,11,13H,4-5,8-10,15H2,1-3H3. The molecule has 0 aromatic carbocycles. The third-order valence-electron chi connectivity index (χ3n) is 3.33. The Bertz CT molecular complexity index is 340. The van der Waals surface area contributed by atoms with Crippen LogP contribution >= 0.6 is 0 Å². The van der Waals surface area contributed by atoms with Gasteiger partial charge in [0.25, 0.3) is 0 Å². The molecule has 0 saturated carbocycles. The molecule has 1 heterocycles. The molecule has 0 atom stereocenters. The minimum atomic E-state index is 0.521. The topological polar surface area (TPSA) is 51.4 Å². The highest BCUT2D eigenvalue weighted by Gasteiger charge is 2.17. The first kappa shape index (κ1) is 14.9. The molecule has 0 fully saturated rings. The Labute approximate surface area is 110 Å². The number of methoxy groups -OCH3 is 1. The van der Waals surface area contributed by atoms with Crippen molar-refractivity contribution in [3.8, 4) is 0 Å². The third-order valence-corrected chi connectivity index (χ3v) is 3.33. The fraction of sp³-hybridized carbons (Fsp3) is 0.643.